The lowest BCUT2D eigenvalue weighted by Crippen LogP contribution is -2.50. The summed E-state index contributed by atoms with van der Waals surface area (Å²) >= 11 is 0. The molecule has 2 fully saturated rings. The Kier molecular flexibility index (Phi) is 4.62. The van der Waals surface area contributed by atoms with Crippen LogP contribution in [-0.4, -0.2) is 42.6 Å². The highest BCUT2D eigenvalue weighted by atomic mass is 16.5. The van der Waals surface area contributed by atoms with Crippen LogP contribution >= 0.6 is 0 Å². The molecule has 4 nitrogen and oxygen atoms in total. The molecule has 2 aliphatic heterocycles. The van der Waals surface area contributed by atoms with Gasteiger partial charge in [0.05, 0.1) is 5.54 Å². The maximum absolute atomic E-state index is 12.3. The number of likely N-dealkylation sites (tertiary alicyclic amines) is 1. The van der Waals surface area contributed by atoms with Crippen molar-refractivity contribution in [2.75, 3.05) is 26.3 Å². The van der Waals surface area contributed by atoms with Gasteiger partial charge in [0, 0.05) is 32.7 Å². The van der Waals surface area contributed by atoms with Crippen LogP contribution in [0.15, 0.2) is 0 Å². The quantitative estimate of drug-likeness (QED) is 0.828. The Balaban J connectivity index is 1.80. The second-order valence-corrected chi connectivity index (χ2v) is 5.94. The van der Waals surface area contributed by atoms with Gasteiger partial charge in [0.25, 0.3) is 0 Å². The highest BCUT2D eigenvalue weighted by molar-refractivity contribution is 5.77. The Morgan fingerprint density at radius 2 is 2.17 bits per heavy atom. The third kappa shape index (κ3) is 3.04. The molecule has 0 aromatic rings. The van der Waals surface area contributed by atoms with E-state index >= 15 is 0 Å². The molecule has 2 saturated heterocycles. The molecular weight excluding hydrogens is 228 g/mol. The molecule has 1 unspecified atom stereocenters. The normalized spacial score (nSPS) is 29.8. The van der Waals surface area contributed by atoms with Crippen molar-refractivity contribution in [2.45, 2.75) is 51.0 Å². The number of carbonyl (C=O) groups is 1. The van der Waals surface area contributed by atoms with Crippen LogP contribution < -0.4 is 5.73 Å². The molecule has 1 amide bonds. The van der Waals surface area contributed by atoms with Crippen LogP contribution in [0.2, 0.25) is 0 Å². The van der Waals surface area contributed by atoms with Gasteiger partial charge in [-0.05, 0) is 44.9 Å². The third-order valence-corrected chi connectivity index (χ3v) is 4.60. The van der Waals surface area contributed by atoms with Crippen LogP contribution in [0, 0.1) is 5.92 Å². The summed E-state index contributed by atoms with van der Waals surface area (Å²) in [5.74, 6) is 0.973. The molecule has 0 aromatic carbocycles. The fourth-order valence-corrected chi connectivity index (χ4v) is 3.16. The topological polar surface area (TPSA) is 55.6 Å². The number of carbonyl (C=O) groups excluding carboxylic acids is 1. The molecule has 2 aliphatic rings. The van der Waals surface area contributed by atoms with Crippen LogP contribution in [0.5, 0.6) is 0 Å². The van der Waals surface area contributed by atoms with E-state index in [1.165, 1.54) is 0 Å². The summed E-state index contributed by atoms with van der Waals surface area (Å²) < 4.78 is 5.34. The van der Waals surface area contributed by atoms with E-state index < -0.39 is 0 Å². The summed E-state index contributed by atoms with van der Waals surface area (Å²) in [5.41, 5.74) is 5.73. The van der Waals surface area contributed by atoms with Gasteiger partial charge in [0.15, 0.2) is 0 Å². The van der Waals surface area contributed by atoms with E-state index in [0.29, 0.717) is 24.8 Å². The smallest absolute Gasteiger partial charge is 0.223 e. The van der Waals surface area contributed by atoms with Gasteiger partial charge in [-0.2, -0.15) is 0 Å². The maximum Gasteiger partial charge on any atom is 0.223 e. The lowest BCUT2D eigenvalue weighted by atomic mass is 9.94. The van der Waals surface area contributed by atoms with E-state index in [0.717, 1.165) is 51.9 Å². The molecule has 104 valence electrons. The summed E-state index contributed by atoms with van der Waals surface area (Å²) in [4.78, 5) is 14.3. The SMILES string of the molecule is CC1(CN)CCCN1C(=O)CCC1CCOCC1. The second kappa shape index (κ2) is 6.02. The van der Waals surface area contributed by atoms with Gasteiger partial charge in [-0.15, -0.1) is 0 Å². The Bertz CT molecular complexity index is 290. The Morgan fingerprint density at radius 1 is 1.44 bits per heavy atom. The standard InChI is InChI=1S/C14H26N2O2/c1-14(11-15)7-2-8-16(14)13(17)4-3-12-5-9-18-10-6-12/h12H,2-11,15H2,1H3. The van der Waals surface area contributed by atoms with Crippen molar-refractivity contribution in [3.63, 3.8) is 0 Å². The molecule has 0 aliphatic carbocycles. The molecular formula is C14H26N2O2. The Labute approximate surface area is 110 Å². The van der Waals surface area contributed by atoms with Crippen molar-refractivity contribution in [2.24, 2.45) is 11.7 Å². The Morgan fingerprint density at radius 3 is 2.83 bits per heavy atom. The lowest BCUT2D eigenvalue weighted by Gasteiger charge is -2.34. The largest absolute Gasteiger partial charge is 0.381 e. The molecule has 0 radical (unpaired) electrons. The number of rotatable bonds is 4. The van der Waals surface area contributed by atoms with E-state index in [9.17, 15) is 4.79 Å². The van der Waals surface area contributed by atoms with Crippen LogP contribution in [0.25, 0.3) is 0 Å². The van der Waals surface area contributed by atoms with E-state index in [-0.39, 0.29) is 5.54 Å². The first-order valence-corrected chi connectivity index (χ1v) is 7.24. The van der Waals surface area contributed by atoms with Crippen molar-refractivity contribution in [3.05, 3.63) is 0 Å². The van der Waals surface area contributed by atoms with Gasteiger partial charge in [-0.25, -0.2) is 0 Å². The first-order chi connectivity index (χ1) is 8.65. The number of hydrogen-bond donors (Lipinski definition) is 1. The predicted molar refractivity (Wildman–Crippen MR) is 71.2 cm³/mol. The molecule has 0 bridgehead atoms. The van der Waals surface area contributed by atoms with E-state index in [1.807, 2.05) is 4.90 Å². The van der Waals surface area contributed by atoms with Crippen molar-refractivity contribution in [1.82, 2.24) is 4.90 Å². The molecule has 0 spiro atoms. The summed E-state index contributed by atoms with van der Waals surface area (Å²) in [5, 5.41) is 0. The van der Waals surface area contributed by atoms with Crippen LogP contribution in [-0.2, 0) is 9.53 Å². The van der Waals surface area contributed by atoms with Crippen molar-refractivity contribution < 1.29 is 9.53 Å². The minimum absolute atomic E-state index is 0.0905. The predicted octanol–water partition coefficient (Wildman–Crippen LogP) is 1.53. The highest BCUT2D eigenvalue weighted by Crippen LogP contribution is 2.29. The number of nitrogens with two attached hydrogens (primary N) is 1. The van der Waals surface area contributed by atoms with Crippen molar-refractivity contribution in [3.8, 4) is 0 Å². The molecule has 0 saturated carbocycles. The minimum atomic E-state index is -0.0905. The zero-order valence-electron chi connectivity index (χ0n) is 11.5. The highest BCUT2D eigenvalue weighted by Gasteiger charge is 2.38. The van der Waals surface area contributed by atoms with Crippen molar-refractivity contribution in [1.29, 1.82) is 0 Å². The third-order valence-electron chi connectivity index (χ3n) is 4.60. The van der Waals surface area contributed by atoms with E-state index in [4.69, 9.17) is 10.5 Å². The fraction of sp³-hybridized carbons (Fsp3) is 0.929. The Hall–Kier alpha value is -0.610. The number of ether oxygens (including phenoxy) is 1. The number of amides is 1. The molecule has 1 atom stereocenters. The lowest BCUT2D eigenvalue weighted by molar-refractivity contribution is -0.135. The average Bonchev–Trinajstić information content (AvgIpc) is 2.80. The number of nitrogens with zero attached hydrogens (tertiary/aromatic N) is 1. The monoisotopic (exact) mass is 254 g/mol. The first kappa shape index (κ1) is 13.8. The first-order valence-electron chi connectivity index (χ1n) is 7.24. The molecule has 4 heteroatoms. The van der Waals surface area contributed by atoms with Gasteiger partial charge in [0.1, 0.15) is 0 Å². The van der Waals surface area contributed by atoms with Crippen LogP contribution in [0.3, 0.4) is 0 Å². The van der Waals surface area contributed by atoms with Gasteiger partial charge in [-0.3, -0.25) is 4.79 Å². The van der Waals surface area contributed by atoms with Crippen LogP contribution in [0.1, 0.15) is 45.4 Å². The maximum atomic E-state index is 12.3. The zero-order valence-corrected chi connectivity index (χ0v) is 11.5. The van der Waals surface area contributed by atoms with Crippen molar-refractivity contribution >= 4 is 5.91 Å². The molecule has 18 heavy (non-hydrogen) atoms. The van der Waals surface area contributed by atoms with Gasteiger partial charge < -0.3 is 15.4 Å². The summed E-state index contributed by atoms with van der Waals surface area (Å²) in [6.45, 7) is 5.31. The molecule has 0 aromatic heterocycles. The van der Waals surface area contributed by atoms with Gasteiger partial charge in [-0.1, -0.05) is 0 Å². The molecule has 2 rings (SSSR count). The fourth-order valence-electron chi connectivity index (χ4n) is 3.16. The summed E-state index contributed by atoms with van der Waals surface area (Å²) in [6, 6.07) is 0. The average molecular weight is 254 g/mol. The van der Waals surface area contributed by atoms with Crippen LogP contribution in [0.4, 0.5) is 0 Å². The zero-order chi connectivity index (χ0) is 13.0. The summed E-state index contributed by atoms with van der Waals surface area (Å²) in [6.07, 6.45) is 6.06. The molecule has 2 N–H and O–H groups in total. The molecule has 2 heterocycles. The summed E-state index contributed by atoms with van der Waals surface area (Å²) in [7, 11) is 0. The van der Waals surface area contributed by atoms with Gasteiger partial charge >= 0.3 is 0 Å². The van der Waals surface area contributed by atoms with Gasteiger partial charge in [0.2, 0.25) is 5.91 Å². The minimum Gasteiger partial charge on any atom is -0.381 e. The van der Waals surface area contributed by atoms with E-state index in [2.05, 4.69) is 6.92 Å². The number of hydrogen-bond acceptors (Lipinski definition) is 3. The second-order valence-electron chi connectivity index (χ2n) is 5.94. The van der Waals surface area contributed by atoms with E-state index in [1.54, 1.807) is 0 Å².